The van der Waals surface area contributed by atoms with Crippen LogP contribution in [0.25, 0.3) is 0 Å². The normalized spacial score (nSPS) is 18.9. The van der Waals surface area contributed by atoms with E-state index in [9.17, 15) is 14.9 Å². The molecule has 1 heterocycles. The number of amides is 1. The largest absolute Gasteiger partial charge is 0.393 e. The van der Waals surface area contributed by atoms with E-state index in [0.29, 0.717) is 5.56 Å². The van der Waals surface area contributed by atoms with Gasteiger partial charge in [-0.25, -0.2) is 0 Å². The lowest BCUT2D eigenvalue weighted by Crippen LogP contribution is -2.43. The number of nitrogen functional groups attached to an aromatic ring is 1. The van der Waals surface area contributed by atoms with Gasteiger partial charge in [0.2, 0.25) is 0 Å². The summed E-state index contributed by atoms with van der Waals surface area (Å²) >= 11 is 0. The predicted molar refractivity (Wildman–Crippen MR) is 76.5 cm³/mol. The zero-order chi connectivity index (χ0) is 14.7. The van der Waals surface area contributed by atoms with Gasteiger partial charge in [0, 0.05) is 24.2 Å². The molecule has 0 spiro atoms. The molecule has 1 atom stereocenters. The number of nitrogens with two attached hydrogens (primary N) is 1. The second kappa shape index (κ2) is 5.90. The minimum atomic E-state index is -0.556. The van der Waals surface area contributed by atoms with Crippen LogP contribution in [0.5, 0.6) is 0 Å². The molecular formula is C14H19N3O3. The topological polar surface area (TPSA) is 89.5 Å². The van der Waals surface area contributed by atoms with E-state index in [4.69, 9.17) is 5.73 Å². The molecule has 1 aliphatic rings. The van der Waals surface area contributed by atoms with Gasteiger partial charge in [0.05, 0.1) is 4.92 Å². The smallest absolute Gasteiger partial charge is 0.292 e. The summed E-state index contributed by atoms with van der Waals surface area (Å²) in [6.45, 7) is 2.78. The molecule has 1 fully saturated rings. The highest BCUT2D eigenvalue weighted by atomic mass is 16.6. The first-order chi connectivity index (χ1) is 9.54. The maximum atomic E-state index is 12.5. The lowest BCUT2D eigenvalue weighted by Gasteiger charge is -2.35. The summed E-state index contributed by atoms with van der Waals surface area (Å²) in [4.78, 5) is 24.7. The van der Waals surface area contributed by atoms with E-state index in [1.165, 1.54) is 12.1 Å². The number of anilines is 1. The number of nitro benzene ring substituents is 1. The number of carbonyl (C=O) groups excluding carboxylic acids is 1. The number of likely N-dealkylation sites (tertiary alicyclic amines) is 1. The highest BCUT2D eigenvalue weighted by Crippen LogP contribution is 2.26. The Morgan fingerprint density at radius 1 is 1.50 bits per heavy atom. The molecule has 2 rings (SSSR count). The Morgan fingerprint density at radius 3 is 2.90 bits per heavy atom. The van der Waals surface area contributed by atoms with E-state index in [-0.39, 0.29) is 23.3 Å². The maximum Gasteiger partial charge on any atom is 0.292 e. The van der Waals surface area contributed by atoms with Crippen LogP contribution in [0.4, 0.5) is 11.4 Å². The highest BCUT2D eigenvalue weighted by Gasteiger charge is 2.27. The summed E-state index contributed by atoms with van der Waals surface area (Å²) in [5.74, 6) is -0.139. The highest BCUT2D eigenvalue weighted by molar-refractivity contribution is 5.96. The van der Waals surface area contributed by atoms with Gasteiger partial charge in [0.1, 0.15) is 5.69 Å². The first kappa shape index (κ1) is 14.3. The molecule has 0 saturated carbocycles. The molecule has 6 heteroatoms. The van der Waals surface area contributed by atoms with Gasteiger partial charge in [-0.1, -0.05) is 6.92 Å². The molecule has 1 aromatic carbocycles. The van der Waals surface area contributed by atoms with Crippen molar-refractivity contribution in [2.45, 2.75) is 38.6 Å². The Labute approximate surface area is 117 Å². The van der Waals surface area contributed by atoms with Crippen molar-refractivity contribution in [3.05, 3.63) is 33.9 Å². The van der Waals surface area contributed by atoms with E-state index < -0.39 is 4.92 Å². The first-order valence-corrected chi connectivity index (χ1v) is 6.89. The number of nitrogens with zero attached hydrogens (tertiary/aromatic N) is 2. The standard InChI is InChI=1S/C14H19N3O3/c1-2-11-5-3-4-8-16(11)14(18)10-6-7-12(15)13(9-10)17(19)20/h6-7,9,11H,2-5,8,15H2,1H3. The van der Waals surface area contributed by atoms with E-state index >= 15 is 0 Å². The predicted octanol–water partition coefficient (Wildman–Crippen LogP) is 2.58. The summed E-state index contributed by atoms with van der Waals surface area (Å²) in [6, 6.07) is 4.49. The Morgan fingerprint density at radius 2 is 2.25 bits per heavy atom. The summed E-state index contributed by atoms with van der Waals surface area (Å²) in [6.07, 6.45) is 4.02. The number of carbonyl (C=O) groups is 1. The fraction of sp³-hybridized carbons (Fsp3) is 0.500. The number of hydrogen-bond acceptors (Lipinski definition) is 4. The molecule has 0 bridgehead atoms. The molecule has 1 saturated heterocycles. The maximum absolute atomic E-state index is 12.5. The van der Waals surface area contributed by atoms with Crippen LogP contribution in [0, 0.1) is 10.1 Å². The molecule has 1 amide bonds. The number of rotatable bonds is 3. The molecule has 1 aliphatic heterocycles. The average Bonchev–Trinajstić information content (AvgIpc) is 2.46. The van der Waals surface area contributed by atoms with Gasteiger partial charge < -0.3 is 10.6 Å². The number of nitro groups is 1. The van der Waals surface area contributed by atoms with Crippen LogP contribution in [0.1, 0.15) is 43.0 Å². The zero-order valence-electron chi connectivity index (χ0n) is 11.5. The van der Waals surface area contributed by atoms with Gasteiger partial charge in [-0.3, -0.25) is 14.9 Å². The van der Waals surface area contributed by atoms with Crippen molar-refractivity contribution in [2.75, 3.05) is 12.3 Å². The quantitative estimate of drug-likeness (QED) is 0.522. The summed E-state index contributed by atoms with van der Waals surface area (Å²) in [5, 5.41) is 10.9. The molecule has 1 aromatic rings. The van der Waals surface area contributed by atoms with Crippen molar-refractivity contribution in [1.82, 2.24) is 4.90 Å². The van der Waals surface area contributed by atoms with Crippen LogP contribution in [-0.4, -0.2) is 28.3 Å². The lowest BCUT2D eigenvalue weighted by molar-refractivity contribution is -0.383. The molecule has 20 heavy (non-hydrogen) atoms. The molecule has 6 nitrogen and oxygen atoms in total. The molecule has 2 N–H and O–H groups in total. The van der Waals surface area contributed by atoms with Gasteiger partial charge in [0.25, 0.3) is 11.6 Å². The number of benzene rings is 1. The van der Waals surface area contributed by atoms with Gasteiger partial charge in [-0.15, -0.1) is 0 Å². The van der Waals surface area contributed by atoms with Crippen molar-refractivity contribution in [2.24, 2.45) is 0 Å². The number of hydrogen-bond donors (Lipinski definition) is 1. The van der Waals surface area contributed by atoms with Gasteiger partial charge in [-0.05, 0) is 37.8 Å². The Kier molecular flexibility index (Phi) is 4.22. The zero-order valence-corrected chi connectivity index (χ0v) is 11.5. The van der Waals surface area contributed by atoms with Crippen LogP contribution >= 0.6 is 0 Å². The Balaban J connectivity index is 2.28. The molecule has 1 unspecified atom stereocenters. The second-order valence-corrected chi connectivity index (χ2v) is 5.09. The Bertz CT molecular complexity index is 530. The van der Waals surface area contributed by atoms with E-state index in [2.05, 4.69) is 6.92 Å². The third kappa shape index (κ3) is 2.74. The molecule has 0 radical (unpaired) electrons. The van der Waals surface area contributed by atoms with Gasteiger partial charge in [-0.2, -0.15) is 0 Å². The van der Waals surface area contributed by atoms with Crippen LogP contribution in [-0.2, 0) is 0 Å². The van der Waals surface area contributed by atoms with Crippen LogP contribution in [0.3, 0.4) is 0 Å². The van der Waals surface area contributed by atoms with E-state index in [1.807, 2.05) is 4.90 Å². The van der Waals surface area contributed by atoms with Crippen molar-refractivity contribution >= 4 is 17.3 Å². The molecular weight excluding hydrogens is 258 g/mol. The summed E-state index contributed by atoms with van der Waals surface area (Å²) in [7, 11) is 0. The van der Waals surface area contributed by atoms with E-state index in [0.717, 1.165) is 32.2 Å². The van der Waals surface area contributed by atoms with Crippen LogP contribution < -0.4 is 5.73 Å². The minimum absolute atomic E-state index is 0.0808. The fourth-order valence-electron chi connectivity index (χ4n) is 2.69. The lowest BCUT2D eigenvalue weighted by atomic mass is 9.98. The van der Waals surface area contributed by atoms with Gasteiger partial charge in [0.15, 0.2) is 0 Å². The monoisotopic (exact) mass is 277 g/mol. The van der Waals surface area contributed by atoms with Crippen molar-refractivity contribution in [1.29, 1.82) is 0 Å². The first-order valence-electron chi connectivity index (χ1n) is 6.89. The molecule has 108 valence electrons. The fourth-order valence-corrected chi connectivity index (χ4v) is 2.69. The third-order valence-electron chi connectivity index (χ3n) is 3.83. The molecule has 0 aromatic heterocycles. The van der Waals surface area contributed by atoms with Crippen molar-refractivity contribution in [3.63, 3.8) is 0 Å². The summed E-state index contributed by atoms with van der Waals surface area (Å²) in [5.41, 5.74) is 5.77. The molecule has 0 aliphatic carbocycles. The minimum Gasteiger partial charge on any atom is -0.393 e. The second-order valence-electron chi connectivity index (χ2n) is 5.09. The SMILES string of the molecule is CCC1CCCCN1C(=O)c1ccc(N)c([N+](=O)[O-])c1. The van der Waals surface area contributed by atoms with Crippen molar-refractivity contribution < 1.29 is 9.72 Å². The average molecular weight is 277 g/mol. The Hall–Kier alpha value is -2.11. The van der Waals surface area contributed by atoms with Gasteiger partial charge >= 0.3 is 0 Å². The van der Waals surface area contributed by atoms with Crippen molar-refractivity contribution in [3.8, 4) is 0 Å². The third-order valence-corrected chi connectivity index (χ3v) is 3.83. The summed E-state index contributed by atoms with van der Waals surface area (Å²) < 4.78 is 0. The van der Waals surface area contributed by atoms with Crippen LogP contribution in [0.2, 0.25) is 0 Å². The number of piperidine rings is 1. The van der Waals surface area contributed by atoms with Crippen LogP contribution in [0.15, 0.2) is 18.2 Å². The van der Waals surface area contributed by atoms with E-state index in [1.54, 1.807) is 6.07 Å².